The Kier molecular flexibility index (Phi) is 7.56. The summed E-state index contributed by atoms with van der Waals surface area (Å²) in [7, 11) is 0. The zero-order chi connectivity index (χ0) is 22.3. The number of anilines is 1. The van der Waals surface area contributed by atoms with Crippen molar-refractivity contribution in [3.8, 4) is 17.2 Å². The number of nitrogens with one attached hydrogen (secondary N) is 1. The minimum atomic E-state index is -4.60. The molecule has 10 heteroatoms. The third kappa shape index (κ3) is 6.74. The zero-order valence-corrected chi connectivity index (χ0v) is 17.4. The lowest BCUT2D eigenvalue weighted by Crippen LogP contribution is -2.12. The van der Waals surface area contributed by atoms with Crippen LogP contribution in [0.25, 0.3) is 11.5 Å². The van der Waals surface area contributed by atoms with Crippen LogP contribution in [-0.2, 0) is 11.0 Å². The Morgan fingerprint density at radius 2 is 1.97 bits per heavy atom. The summed E-state index contributed by atoms with van der Waals surface area (Å²) in [6.07, 6.45) is -2.58. The van der Waals surface area contributed by atoms with Crippen molar-refractivity contribution >= 4 is 23.4 Å². The van der Waals surface area contributed by atoms with Crippen LogP contribution in [0.4, 0.5) is 18.9 Å². The number of alkyl halides is 3. The average molecular weight is 451 g/mol. The van der Waals surface area contributed by atoms with Crippen LogP contribution >= 0.6 is 11.8 Å². The minimum absolute atomic E-state index is 0.0202. The van der Waals surface area contributed by atoms with E-state index in [0.29, 0.717) is 30.2 Å². The van der Waals surface area contributed by atoms with Gasteiger partial charge in [0.1, 0.15) is 17.1 Å². The highest BCUT2D eigenvalue weighted by molar-refractivity contribution is 7.99. The van der Waals surface area contributed by atoms with Crippen LogP contribution in [0.1, 0.15) is 25.5 Å². The van der Waals surface area contributed by atoms with Crippen molar-refractivity contribution in [2.75, 3.05) is 17.7 Å². The Hall–Kier alpha value is -3.01. The predicted octanol–water partition coefficient (Wildman–Crippen LogP) is 5.67. The Morgan fingerprint density at radius 3 is 2.61 bits per heavy atom. The summed E-state index contributed by atoms with van der Waals surface area (Å²) in [5, 5.41) is 2.75. The van der Waals surface area contributed by atoms with Gasteiger partial charge in [-0.25, -0.2) is 9.97 Å². The van der Waals surface area contributed by atoms with Gasteiger partial charge in [0.2, 0.25) is 5.91 Å². The fourth-order valence-corrected chi connectivity index (χ4v) is 3.40. The molecule has 0 radical (unpaired) electrons. The molecule has 2 heterocycles. The molecule has 0 aliphatic heterocycles. The Balaban J connectivity index is 1.54. The molecule has 31 heavy (non-hydrogen) atoms. The quantitative estimate of drug-likeness (QED) is 0.257. The summed E-state index contributed by atoms with van der Waals surface area (Å²) in [5.41, 5.74) is -0.335. The Labute approximate surface area is 181 Å². The topological polar surface area (TPSA) is 77.2 Å². The number of ether oxygens (including phenoxy) is 1. The molecule has 0 saturated heterocycles. The molecular weight excluding hydrogens is 431 g/mol. The van der Waals surface area contributed by atoms with E-state index in [1.54, 1.807) is 30.3 Å². The molecule has 6 nitrogen and oxygen atoms in total. The summed E-state index contributed by atoms with van der Waals surface area (Å²) in [6, 6.07) is 11.0. The van der Waals surface area contributed by atoms with Crippen LogP contribution in [0.15, 0.2) is 58.3 Å². The van der Waals surface area contributed by atoms with Gasteiger partial charge in [0.15, 0.2) is 10.9 Å². The maximum Gasteiger partial charge on any atom is 0.433 e. The molecule has 0 aliphatic carbocycles. The van der Waals surface area contributed by atoms with Crippen molar-refractivity contribution in [1.29, 1.82) is 0 Å². The van der Waals surface area contributed by atoms with Gasteiger partial charge in [0.05, 0.1) is 12.9 Å². The van der Waals surface area contributed by atoms with Crippen LogP contribution in [0, 0.1) is 0 Å². The second kappa shape index (κ2) is 10.3. The van der Waals surface area contributed by atoms with Crippen LogP contribution in [-0.4, -0.2) is 28.2 Å². The molecule has 0 bridgehead atoms. The summed E-state index contributed by atoms with van der Waals surface area (Å²) in [4.78, 5) is 19.8. The highest BCUT2D eigenvalue weighted by atomic mass is 32.2. The molecule has 0 atom stereocenters. The second-order valence-electron chi connectivity index (χ2n) is 6.35. The van der Waals surface area contributed by atoms with Gasteiger partial charge in [-0.2, -0.15) is 13.2 Å². The van der Waals surface area contributed by atoms with Crippen molar-refractivity contribution in [3.05, 3.63) is 54.4 Å². The zero-order valence-electron chi connectivity index (χ0n) is 16.6. The van der Waals surface area contributed by atoms with E-state index in [0.717, 1.165) is 17.8 Å². The molecule has 3 rings (SSSR count). The lowest BCUT2D eigenvalue weighted by atomic mass is 10.2. The van der Waals surface area contributed by atoms with E-state index in [-0.39, 0.29) is 28.9 Å². The fraction of sp³-hybridized carbons (Fsp3) is 0.286. The molecule has 1 N–H and O–H groups in total. The molecule has 1 amide bonds. The number of thioether (sulfide) groups is 1. The van der Waals surface area contributed by atoms with Crippen LogP contribution < -0.4 is 10.1 Å². The van der Waals surface area contributed by atoms with E-state index < -0.39 is 11.9 Å². The first kappa shape index (κ1) is 22.7. The summed E-state index contributed by atoms with van der Waals surface area (Å²) < 4.78 is 50.0. The van der Waals surface area contributed by atoms with Crippen molar-refractivity contribution < 1.29 is 27.1 Å². The van der Waals surface area contributed by atoms with E-state index in [4.69, 9.17) is 9.15 Å². The number of benzene rings is 1. The predicted molar refractivity (Wildman–Crippen MR) is 111 cm³/mol. The number of rotatable bonds is 9. The first-order valence-electron chi connectivity index (χ1n) is 9.51. The number of nitrogens with zero attached hydrogens (tertiary/aromatic N) is 2. The maximum absolute atomic E-state index is 13.2. The van der Waals surface area contributed by atoms with Crippen molar-refractivity contribution in [2.24, 2.45) is 0 Å². The largest absolute Gasteiger partial charge is 0.494 e. The highest BCUT2D eigenvalue weighted by Crippen LogP contribution is 2.32. The van der Waals surface area contributed by atoms with E-state index in [1.807, 2.05) is 6.92 Å². The van der Waals surface area contributed by atoms with Crippen molar-refractivity contribution in [1.82, 2.24) is 9.97 Å². The van der Waals surface area contributed by atoms with Gasteiger partial charge in [0, 0.05) is 17.9 Å². The van der Waals surface area contributed by atoms with E-state index in [9.17, 15) is 18.0 Å². The van der Waals surface area contributed by atoms with Gasteiger partial charge in [-0.05, 0) is 55.8 Å². The Bertz CT molecular complexity index is 993. The molecule has 0 aliphatic rings. The number of aromatic nitrogens is 2. The third-order valence-electron chi connectivity index (χ3n) is 4.00. The molecule has 0 saturated carbocycles. The first-order chi connectivity index (χ1) is 14.8. The number of carbonyl (C=O) groups excluding carboxylic acids is 1. The summed E-state index contributed by atoms with van der Waals surface area (Å²) in [6.45, 7) is 2.44. The summed E-state index contributed by atoms with van der Waals surface area (Å²) in [5.74, 6) is 1.14. The van der Waals surface area contributed by atoms with E-state index >= 15 is 0 Å². The highest BCUT2D eigenvalue weighted by Gasteiger charge is 2.34. The molecular formula is C21H20F3N3O3S. The smallest absolute Gasteiger partial charge is 0.433 e. The second-order valence-corrected chi connectivity index (χ2v) is 7.42. The van der Waals surface area contributed by atoms with Crippen LogP contribution in [0.5, 0.6) is 5.75 Å². The van der Waals surface area contributed by atoms with E-state index in [2.05, 4.69) is 15.3 Å². The van der Waals surface area contributed by atoms with Crippen molar-refractivity contribution in [2.45, 2.75) is 31.1 Å². The van der Waals surface area contributed by atoms with Crippen LogP contribution in [0.3, 0.4) is 0 Å². The van der Waals surface area contributed by atoms with Crippen molar-refractivity contribution in [3.63, 3.8) is 0 Å². The number of carbonyl (C=O) groups is 1. The number of hydrogen-bond acceptors (Lipinski definition) is 6. The first-order valence-corrected chi connectivity index (χ1v) is 10.5. The standard InChI is InChI=1S/C21H20F3N3O3S/c1-2-29-15-9-7-14(8-10-15)25-19(28)6-4-12-31-20-26-16(17-5-3-11-30-17)13-18(27-20)21(22,23)24/h3,5,7-11,13H,2,4,6,12H2,1H3,(H,25,28). The molecule has 2 aromatic heterocycles. The van der Waals surface area contributed by atoms with Crippen LogP contribution in [0.2, 0.25) is 0 Å². The average Bonchev–Trinajstić information content (AvgIpc) is 3.27. The maximum atomic E-state index is 13.2. The van der Waals surface area contributed by atoms with Gasteiger partial charge in [-0.15, -0.1) is 0 Å². The van der Waals surface area contributed by atoms with E-state index in [1.165, 1.54) is 12.3 Å². The minimum Gasteiger partial charge on any atom is -0.494 e. The third-order valence-corrected chi connectivity index (χ3v) is 4.93. The van der Waals surface area contributed by atoms with Gasteiger partial charge in [0.25, 0.3) is 0 Å². The normalized spacial score (nSPS) is 11.4. The summed E-state index contributed by atoms with van der Waals surface area (Å²) >= 11 is 1.06. The number of amides is 1. The Morgan fingerprint density at radius 1 is 1.19 bits per heavy atom. The molecule has 0 spiro atoms. The fourth-order valence-electron chi connectivity index (χ4n) is 2.61. The number of hydrogen-bond donors (Lipinski definition) is 1. The SMILES string of the molecule is CCOc1ccc(NC(=O)CCCSc2nc(-c3ccco3)cc(C(F)(F)F)n2)cc1. The molecule has 3 aromatic rings. The van der Waals surface area contributed by atoms with Gasteiger partial charge in [-0.1, -0.05) is 11.8 Å². The molecule has 164 valence electrons. The monoisotopic (exact) mass is 451 g/mol. The molecule has 1 aromatic carbocycles. The van der Waals surface area contributed by atoms with Gasteiger partial charge < -0.3 is 14.5 Å². The lowest BCUT2D eigenvalue weighted by Gasteiger charge is -2.09. The number of halogens is 3. The van der Waals surface area contributed by atoms with Gasteiger partial charge in [-0.3, -0.25) is 4.79 Å². The van der Waals surface area contributed by atoms with Gasteiger partial charge >= 0.3 is 6.18 Å². The lowest BCUT2D eigenvalue weighted by molar-refractivity contribution is -0.141. The molecule has 0 fully saturated rings. The molecule has 0 unspecified atom stereocenters. The number of furan rings is 1.